The highest BCUT2D eigenvalue weighted by atomic mass is 35.5. The van der Waals surface area contributed by atoms with E-state index in [9.17, 15) is 9.59 Å². The molecule has 2 atom stereocenters. The minimum absolute atomic E-state index is 0.0491. The van der Waals surface area contributed by atoms with Crippen molar-refractivity contribution in [1.82, 2.24) is 10.2 Å². The van der Waals surface area contributed by atoms with Gasteiger partial charge >= 0.3 is 0 Å². The molecule has 0 aliphatic carbocycles. The van der Waals surface area contributed by atoms with Crippen LogP contribution < -0.4 is 10.1 Å². The van der Waals surface area contributed by atoms with Gasteiger partial charge in [0.15, 0.2) is 0 Å². The molecule has 162 valence electrons. The van der Waals surface area contributed by atoms with Crippen molar-refractivity contribution in [1.29, 1.82) is 0 Å². The van der Waals surface area contributed by atoms with Crippen LogP contribution >= 0.6 is 11.6 Å². The van der Waals surface area contributed by atoms with Crippen LogP contribution in [0.4, 0.5) is 0 Å². The van der Waals surface area contributed by atoms with E-state index in [-0.39, 0.29) is 24.3 Å². The van der Waals surface area contributed by atoms with E-state index in [1.165, 1.54) is 0 Å². The third-order valence-electron chi connectivity index (χ3n) is 5.20. The molecule has 30 heavy (non-hydrogen) atoms. The minimum Gasteiger partial charge on any atom is -0.497 e. The van der Waals surface area contributed by atoms with Crippen molar-refractivity contribution in [3.8, 4) is 5.75 Å². The van der Waals surface area contributed by atoms with Crippen LogP contribution in [-0.4, -0.2) is 35.9 Å². The Hall–Kier alpha value is -2.53. The molecule has 0 heterocycles. The van der Waals surface area contributed by atoms with Crippen molar-refractivity contribution in [3.05, 3.63) is 64.7 Å². The monoisotopic (exact) mass is 430 g/mol. The fourth-order valence-corrected chi connectivity index (χ4v) is 3.40. The number of hydrogen-bond acceptors (Lipinski definition) is 3. The first-order valence-corrected chi connectivity index (χ1v) is 10.7. The molecule has 2 rings (SSSR count). The molecule has 0 fully saturated rings. The van der Waals surface area contributed by atoms with Gasteiger partial charge in [-0.25, -0.2) is 0 Å². The number of benzene rings is 2. The smallest absolute Gasteiger partial charge is 0.243 e. The van der Waals surface area contributed by atoms with Crippen LogP contribution in [-0.2, 0) is 22.6 Å². The van der Waals surface area contributed by atoms with E-state index in [4.69, 9.17) is 16.3 Å². The highest BCUT2D eigenvalue weighted by molar-refractivity contribution is 6.31. The van der Waals surface area contributed by atoms with Crippen molar-refractivity contribution in [2.24, 2.45) is 0 Å². The molecule has 0 saturated carbocycles. The standard InChI is InChI=1S/C24H31ClN2O3/c1-5-17(3)26-24(29)22(6-2)27(16-18-11-13-20(30-4)14-12-18)23(28)15-19-9-7-8-10-21(19)25/h7-14,17,22H,5-6,15-16H2,1-4H3,(H,26,29)/t17-,22-/m1/s1. The Labute approximate surface area is 184 Å². The summed E-state index contributed by atoms with van der Waals surface area (Å²) in [7, 11) is 1.61. The quantitative estimate of drug-likeness (QED) is 0.598. The summed E-state index contributed by atoms with van der Waals surface area (Å²) < 4.78 is 5.22. The second-order valence-electron chi connectivity index (χ2n) is 7.38. The Balaban J connectivity index is 2.30. The van der Waals surface area contributed by atoms with E-state index >= 15 is 0 Å². The zero-order chi connectivity index (χ0) is 22.1. The van der Waals surface area contributed by atoms with Crippen LogP contribution in [0.25, 0.3) is 0 Å². The van der Waals surface area contributed by atoms with E-state index in [0.717, 1.165) is 23.3 Å². The first-order valence-electron chi connectivity index (χ1n) is 10.4. The summed E-state index contributed by atoms with van der Waals surface area (Å²) in [4.78, 5) is 27.9. The lowest BCUT2D eigenvalue weighted by Crippen LogP contribution is -2.51. The van der Waals surface area contributed by atoms with Crippen LogP contribution in [0.1, 0.15) is 44.7 Å². The lowest BCUT2D eigenvalue weighted by Gasteiger charge is -2.31. The van der Waals surface area contributed by atoms with Crippen LogP contribution in [0.2, 0.25) is 5.02 Å². The number of ether oxygens (including phenoxy) is 1. The predicted molar refractivity (Wildman–Crippen MR) is 121 cm³/mol. The molecular weight excluding hydrogens is 400 g/mol. The van der Waals surface area contributed by atoms with Crippen molar-refractivity contribution >= 4 is 23.4 Å². The Morgan fingerprint density at radius 1 is 1.07 bits per heavy atom. The number of hydrogen-bond donors (Lipinski definition) is 1. The summed E-state index contributed by atoms with van der Waals surface area (Å²) in [5, 5.41) is 3.56. The maximum absolute atomic E-state index is 13.3. The maximum Gasteiger partial charge on any atom is 0.243 e. The van der Waals surface area contributed by atoms with E-state index in [2.05, 4.69) is 5.32 Å². The van der Waals surface area contributed by atoms with Crippen molar-refractivity contribution in [3.63, 3.8) is 0 Å². The molecule has 0 aliphatic heterocycles. The molecule has 2 aromatic rings. The first-order chi connectivity index (χ1) is 14.4. The van der Waals surface area contributed by atoms with Crippen LogP contribution in [0.15, 0.2) is 48.5 Å². The Kier molecular flexibility index (Phi) is 9.18. The molecule has 5 nitrogen and oxygen atoms in total. The third kappa shape index (κ3) is 6.49. The summed E-state index contributed by atoms with van der Waals surface area (Å²) in [6, 6.07) is 14.3. The van der Waals surface area contributed by atoms with Gasteiger partial charge in [0.05, 0.1) is 13.5 Å². The van der Waals surface area contributed by atoms with Gasteiger partial charge in [-0.05, 0) is 49.1 Å². The molecular formula is C24H31ClN2O3. The second-order valence-corrected chi connectivity index (χ2v) is 7.79. The molecule has 0 aromatic heterocycles. The van der Waals surface area contributed by atoms with E-state index < -0.39 is 6.04 Å². The lowest BCUT2D eigenvalue weighted by atomic mass is 10.1. The number of rotatable bonds is 10. The average Bonchev–Trinajstić information content (AvgIpc) is 2.75. The van der Waals surface area contributed by atoms with Gasteiger partial charge in [-0.3, -0.25) is 9.59 Å². The van der Waals surface area contributed by atoms with Crippen LogP contribution in [0.5, 0.6) is 5.75 Å². The number of nitrogens with zero attached hydrogens (tertiary/aromatic N) is 1. The van der Waals surface area contributed by atoms with Gasteiger partial charge in [-0.1, -0.05) is 55.8 Å². The van der Waals surface area contributed by atoms with Crippen molar-refractivity contribution in [2.45, 2.75) is 58.7 Å². The molecule has 0 aliphatic rings. The molecule has 6 heteroatoms. The molecule has 2 aromatic carbocycles. The number of carbonyl (C=O) groups is 2. The summed E-state index contributed by atoms with van der Waals surface area (Å²) in [6.45, 7) is 6.23. The van der Waals surface area contributed by atoms with E-state index in [0.29, 0.717) is 18.0 Å². The van der Waals surface area contributed by atoms with Crippen molar-refractivity contribution < 1.29 is 14.3 Å². The average molecular weight is 431 g/mol. The largest absolute Gasteiger partial charge is 0.497 e. The number of carbonyl (C=O) groups excluding carboxylic acids is 2. The van der Waals surface area contributed by atoms with Gasteiger partial charge in [-0.2, -0.15) is 0 Å². The highest BCUT2D eigenvalue weighted by Gasteiger charge is 2.29. The van der Waals surface area contributed by atoms with Crippen LogP contribution in [0.3, 0.4) is 0 Å². The zero-order valence-electron chi connectivity index (χ0n) is 18.2. The number of halogens is 1. The second kappa shape index (κ2) is 11.6. The Bertz CT molecular complexity index is 839. The molecule has 0 saturated heterocycles. The molecule has 1 N–H and O–H groups in total. The van der Waals surface area contributed by atoms with Gasteiger partial charge in [0.2, 0.25) is 11.8 Å². The van der Waals surface area contributed by atoms with Gasteiger partial charge in [-0.15, -0.1) is 0 Å². The normalized spacial score (nSPS) is 12.7. The molecule has 0 bridgehead atoms. The number of methoxy groups -OCH3 is 1. The molecule has 2 amide bonds. The fraction of sp³-hybridized carbons (Fsp3) is 0.417. The van der Waals surface area contributed by atoms with Gasteiger partial charge in [0.1, 0.15) is 11.8 Å². The fourth-order valence-electron chi connectivity index (χ4n) is 3.19. The van der Waals surface area contributed by atoms with E-state index in [1.54, 1.807) is 18.1 Å². The van der Waals surface area contributed by atoms with E-state index in [1.807, 2.05) is 63.2 Å². The van der Waals surface area contributed by atoms with Gasteiger partial charge in [0.25, 0.3) is 0 Å². The SMILES string of the molecule is CC[C@@H](C)NC(=O)[C@@H](CC)N(Cc1ccc(OC)cc1)C(=O)Cc1ccccc1Cl. The summed E-state index contributed by atoms with van der Waals surface area (Å²) >= 11 is 6.27. The zero-order valence-corrected chi connectivity index (χ0v) is 18.9. The highest BCUT2D eigenvalue weighted by Crippen LogP contribution is 2.20. The summed E-state index contributed by atoms with van der Waals surface area (Å²) in [6.07, 6.45) is 1.49. The van der Waals surface area contributed by atoms with Gasteiger partial charge in [0, 0.05) is 17.6 Å². The molecule has 0 unspecified atom stereocenters. The van der Waals surface area contributed by atoms with Crippen molar-refractivity contribution in [2.75, 3.05) is 7.11 Å². The summed E-state index contributed by atoms with van der Waals surface area (Å²) in [5.41, 5.74) is 1.68. The summed E-state index contributed by atoms with van der Waals surface area (Å²) in [5.74, 6) is 0.479. The predicted octanol–water partition coefficient (Wildman–Crippen LogP) is 4.61. The first kappa shape index (κ1) is 23.7. The third-order valence-corrected chi connectivity index (χ3v) is 5.57. The molecule has 0 spiro atoms. The van der Waals surface area contributed by atoms with Gasteiger partial charge < -0.3 is 15.0 Å². The maximum atomic E-state index is 13.3. The topological polar surface area (TPSA) is 58.6 Å². The molecule has 0 radical (unpaired) electrons. The Morgan fingerprint density at radius 2 is 1.73 bits per heavy atom. The Morgan fingerprint density at radius 3 is 2.30 bits per heavy atom. The number of nitrogens with one attached hydrogen (secondary N) is 1. The number of amides is 2. The van der Waals surface area contributed by atoms with Crippen LogP contribution in [0, 0.1) is 0 Å². The lowest BCUT2D eigenvalue weighted by molar-refractivity contribution is -0.141. The minimum atomic E-state index is -0.559.